The van der Waals surface area contributed by atoms with Crippen LogP contribution in [-0.4, -0.2) is 18.6 Å². The first-order valence-electron chi connectivity index (χ1n) is 6.51. The molecule has 0 heterocycles. The molecule has 0 unspecified atom stereocenters. The topological polar surface area (TPSA) is 29.3 Å². The number of thiocarbonyl (C=S) groups is 1. The van der Waals surface area contributed by atoms with Gasteiger partial charge in [-0.1, -0.05) is 18.6 Å². The third-order valence-electron chi connectivity index (χ3n) is 3.77. The number of hydrogen-bond acceptors (Lipinski definition) is 2. The average molecular weight is 302 g/mol. The summed E-state index contributed by atoms with van der Waals surface area (Å²) in [5.74, 6) is 0.635. The number of anilines is 1. The molecule has 1 saturated carbocycles. The van der Waals surface area contributed by atoms with Crippen molar-refractivity contribution in [3.8, 4) is 0 Å². The van der Waals surface area contributed by atoms with Crippen LogP contribution in [0.4, 0.5) is 18.9 Å². The third kappa shape index (κ3) is 3.23. The standard InChI is InChI=1S/C14H17F3N2S/c1-19(8-9-3-2-4-9)10-5-6-12(14(15,16)17)11(7-10)13(18)20/h5-7,9H,2-4,8H2,1H3,(H2,18,20). The van der Waals surface area contributed by atoms with Crippen LogP contribution in [0.5, 0.6) is 0 Å². The van der Waals surface area contributed by atoms with Gasteiger partial charge in [0.15, 0.2) is 0 Å². The van der Waals surface area contributed by atoms with E-state index < -0.39 is 11.7 Å². The second kappa shape index (κ2) is 5.60. The Morgan fingerprint density at radius 3 is 2.50 bits per heavy atom. The zero-order chi connectivity index (χ0) is 14.9. The Hall–Kier alpha value is -1.30. The highest BCUT2D eigenvalue weighted by atomic mass is 32.1. The van der Waals surface area contributed by atoms with E-state index in [1.54, 1.807) is 0 Å². The molecule has 1 aliphatic rings. The fourth-order valence-electron chi connectivity index (χ4n) is 2.39. The van der Waals surface area contributed by atoms with Crippen molar-refractivity contribution in [2.75, 3.05) is 18.5 Å². The van der Waals surface area contributed by atoms with Crippen molar-refractivity contribution in [2.45, 2.75) is 25.4 Å². The van der Waals surface area contributed by atoms with Gasteiger partial charge < -0.3 is 10.6 Å². The molecule has 20 heavy (non-hydrogen) atoms. The molecular weight excluding hydrogens is 285 g/mol. The summed E-state index contributed by atoms with van der Waals surface area (Å²) in [6.45, 7) is 0.849. The first kappa shape index (κ1) is 15.1. The number of nitrogens with zero attached hydrogens (tertiary/aromatic N) is 1. The highest BCUT2D eigenvalue weighted by Gasteiger charge is 2.34. The van der Waals surface area contributed by atoms with Crippen molar-refractivity contribution >= 4 is 22.9 Å². The summed E-state index contributed by atoms with van der Waals surface area (Å²) in [5, 5.41) is 0. The van der Waals surface area contributed by atoms with Crippen LogP contribution >= 0.6 is 12.2 Å². The maximum atomic E-state index is 12.9. The van der Waals surface area contributed by atoms with Crippen LogP contribution in [0.15, 0.2) is 18.2 Å². The summed E-state index contributed by atoms with van der Waals surface area (Å²) in [4.78, 5) is 1.74. The molecule has 1 aromatic rings. The molecule has 1 aromatic carbocycles. The summed E-state index contributed by atoms with van der Waals surface area (Å²) in [7, 11) is 1.88. The van der Waals surface area contributed by atoms with E-state index in [2.05, 4.69) is 0 Å². The largest absolute Gasteiger partial charge is 0.417 e. The first-order valence-corrected chi connectivity index (χ1v) is 6.92. The molecule has 2 nitrogen and oxygen atoms in total. The number of benzene rings is 1. The molecule has 110 valence electrons. The normalized spacial score (nSPS) is 15.8. The fourth-order valence-corrected chi connectivity index (χ4v) is 2.56. The van der Waals surface area contributed by atoms with E-state index in [4.69, 9.17) is 18.0 Å². The van der Waals surface area contributed by atoms with Crippen LogP contribution in [0.25, 0.3) is 0 Å². The number of rotatable bonds is 4. The van der Waals surface area contributed by atoms with E-state index >= 15 is 0 Å². The monoisotopic (exact) mass is 302 g/mol. The Morgan fingerprint density at radius 2 is 2.05 bits per heavy atom. The van der Waals surface area contributed by atoms with Crippen LogP contribution in [-0.2, 0) is 6.18 Å². The smallest absolute Gasteiger partial charge is 0.389 e. The lowest BCUT2D eigenvalue weighted by Crippen LogP contribution is -2.29. The van der Waals surface area contributed by atoms with Gasteiger partial charge in [0.2, 0.25) is 0 Å². The molecule has 0 aliphatic heterocycles. The van der Waals surface area contributed by atoms with E-state index in [9.17, 15) is 13.2 Å². The molecular formula is C14H17F3N2S. The van der Waals surface area contributed by atoms with E-state index in [1.807, 2.05) is 11.9 Å². The average Bonchev–Trinajstić information content (AvgIpc) is 2.31. The van der Waals surface area contributed by atoms with Crippen LogP contribution < -0.4 is 10.6 Å². The quantitative estimate of drug-likeness (QED) is 0.862. The van der Waals surface area contributed by atoms with Gasteiger partial charge in [0.05, 0.1) is 5.56 Å². The maximum Gasteiger partial charge on any atom is 0.417 e. The van der Waals surface area contributed by atoms with Gasteiger partial charge in [0.1, 0.15) is 4.99 Å². The van der Waals surface area contributed by atoms with Crippen LogP contribution in [0.2, 0.25) is 0 Å². The third-order valence-corrected chi connectivity index (χ3v) is 3.99. The van der Waals surface area contributed by atoms with E-state index in [0.29, 0.717) is 11.6 Å². The van der Waals surface area contributed by atoms with Gasteiger partial charge in [-0.3, -0.25) is 0 Å². The SMILES string of the molecule is CN(CC1CCC1)c1ccc(C(F)(F)F)c(C(N)=S)c1. The summed E-state index contributed by atoms with van der Waals surface area (Å²) >= 11 is 4.75. The fraction of sp³-hybridized carbons (Fsp3) is 0.500. The van der Waals surface area contributed by atoms with Gasteiger partial charge in [0, 0.05) is 24.8 Å². The number of alkyl halides is 3. The van der Waals surface area contributed by atoms with Crippen molar-refractivity contribution in [2.24, 2.45) is 11.7 Å². The zero-order valence-corrected chi connectivity index (χ0v) is 12.0. The minimum absolute atomic E-state index is 0.106. The van der Waals surface area contributed by atoms with Gasteiger partial charge in [-0.05, 0) is 37.0 Å². The number of halogens is 3. The number of hydrogen-bond donors (Lipinski definition) is 1. The van der Waals surface area contributed by atoms with Crippen LogP contribution in [0, 0.1) is 5.92 Å². The molecule has 0 radical (unpaired) electrons. The molecule has 0 amide bonds. The molecule has 1 aliphatic carbocycles. The second-order valence-corrected chi connectivity index (χ2v) is 5.71. The second-order valence-electron chi connectivity index (χ2n) is 5.27. The van der Waals surface area contributed by atoms with Crippen molar-refractivity contribution in [3.63, 3.8) is 0 Å². The molecule has 0 spiro atoms. The molecule has 0 atom stereocenters. The van der Waals surface area contributed by atoms with Gasteiger partial charge in [-0.2, -0.15) is 13.2 Å². The Kier molecular flexibility index (Phi) is 4.22. The molecule has 0 bridgehead atoms. The summed E-state index contributed by atoms with van der Waals surface area (Å²) in [6.07, 6.45) is -0.826. The molecule has 2 N–H and O–H groups in total. The number of nitrogens with two attached hydrogens (primary N) is 1. The highest BCUT2D eigenvalue weighted by Crippen LogP contribution is 2.34. The lowest BCUT2D eigenvalue weighted by molar-refractivity contribution is -0.137. The van der Waals surface area contributed by atoms with E-state index in [1.165, 1.54) is 31.4 Å². The summed E-state index contributed by atoms with van der Waals surface area (Å²) in [6, 6.07) is 3.97. The van der Waals surface area contributed by atoms with Gasteiger partial charge in [0.25, 0.3) is 0 Å². The summed E-state index contributed by atoms with van der Waals surface area (Å²) < 4.78 is 38.7. The van der Waals surface area contributed by atoms with E-state index in [0.717, 1.165) is 12.6 Å². The first-order chi connectivity index (χ1) is 9.29. The Bertz CT molecular complexity index is 510. The predicted octanol–water partition coefficient (Wildman–Crippen LogP) is 3.58. The summed E-state index contributed by atoms with van der Waals surface area (Å²) in [5.41, 5.74) is 5.27. The zero-order valence-electron chi connectivity index (χ0n) is 11.2. The minimum Gasteiger partial charge on any atom is -0.389 e. The van der Waals surface area contributed by atoms with Gasteiger partial charge >= 0.3 is 6.18 Å². The highest BCUT2D eigenvalue weighted by molar-refractivity contribution is 7.80. The molecule has 0 aromatic heterocycles. The van der Waals surface area contributed by atoms with E-state index in [-0.39, 0.29) is 10.6 Å². The molecule has 2 rings (SSSR count). The molecule has 6 heteroatoms. The predicted molar refractivity (Wildman–Crippen MR) is 77.9 cm³/mol. The van der Waals surface area contributed by atoms with Gasteiger partial charge in [-0.15, -0.1) is 0 Å². The minimum atomic E-state index is -4.44. The Labute approximate surface area is 121 Å². The Morgan fingerprint density at radius 1 is 1.40 bits per heavy atom. The lowest BCUT2D eigenvalue weighted by atomic mass is 9.85. The maximum absolute atomic E-state index is 12.9. The van der Waals surface area contributed by atoms with Crippen LogP contribution in [0.1, 0.15) is 30.4 Å². The van der Waals surface area contributed by atoms with Crippen molar-refractivity contribution < 1.29 is 13.2 Å². The Balaban J connectivity index is 2.27. The van der Waals surface area contributed by atoms with Crippen molar-refractivity contribution in [1.29, 1.82) is 0 Å². The van der Waals surface area contributed by atoms with Gasteiger partial charge in [-0.25, -0.2) is 0 Å². The molecule has 1 fully saturated rings. The molecule has 0 saturated heterocycles. The van der Waals surface area contributed by atoms with Crippen molar-refractivity contribution in [3.05, 3.63) is 29.3 Å². The van der Waals surface area contributed by atoms with Crippen molar-refractivity contribution in [1.82, 2.24) is 0 Å². The lowest BCUT2D eigenvalue weighted by Gasteiger charge is -2.31. The van der Waals surface area contributed by atoms with Crippen LogP contribution in [0.3, 0.4) is 0 Å².